The standard InChI is InChI=1S/C21H21N3O2/c1-2-6-16(7-3-1)20-22-21(26-23-20)18-8-4-5-9-19(18)25-17-12-15-10-11-24(13-15)14-17/h1-9,15,17H,10-14H2. The van der Waals surface area contributed by atoms with E-state index in [2.05, 4.69) is 15.0 Å². The zero-order valence-corrected chi connectivity index (χ0v) is 14.5. The van der Waals surface area contributed by atoms with E-state index in [0.29, 0.717) is 11.7 Å². The molecule has 3 atom stereocenters. The number of benzene rings is 2. The fourth-order valence-corrected chi connectivity index (χ4v) is 4.05. The summed E-state index contributed by atoms with van der Waals surface area (Å²) in [7, 11) is 0. The highest BCUT2D eigenvalue weighted by atomic mass is 16.5. The summed E-state index contributed by atoms with van der Waals surface area (Å²) >= 11 is 0. The minimum absolute atomic E-state index is 0.230. The van der Waals surface area contributed by atoms with Gasteiger partial charge in [0.15, 0.2) is 0 Å². The van der Waals surface area contributed by atoms with Crippen molar-refractivity contribution < 1.29 is 9.26 Å². The predicted octanol–water partition coefficient (Wildman–Crippen LogP) is 3.88. The Morgan fingerprint density at radius 1 is 1.00 bits per heavy atom. The molecule has 5 rings (SSSR count). The third-order valence-electron chi connectivity index (χ3n) is 5.30. The van der Waals surface area contributed by atoms with Gasteiger partial charge in [-0.25, -0.2) is 0 Å². The fraction of sp³-hybridized carbons (Fsp3) is 0.333. The summed E-state index contributed by atoms with van der Waals surface area (Å²) in [5, 5.41) is 4.13. The summed E-state index contributed by atoms with van der Waals surface area (Å²) in [5.41, 5.74) is 1.80. The Morgan fingerprint density at radius 2 is 1.85 bits per heavy atom. The number of hydrogen-bond donors (Lipinski definition) is 0. The second-order valence-corrected chi connectivity index (χ2v) is 7.18. The van der Waals surface area contributed by atoms with Gasteiger partial charge in [0.1, 0.15) is 11.9 Å². The Kier molecular flexibility index (Phi) is 3.94. The molecular weight excluding hydrogens is 326 g/mol. The van der Waals surface area contributed by atoms with Crippen LogP contribution in [0.3, 0.4) is 0 Å². The monoisotopic (exact) mass is 347 g/mol. The molecule has 3 heterocycles. The van der Waals surface area contributed by atoms with Gasteiger partial charge < -0.3 is 9.26 Å². The van der Waals surface area contributed by atoms with E-state index in [0.717, 1.165) is 35.8 Å². The number of fused-ring (bicyclic) bond motifs is 2. The number of para-hydroxylation sites is 1. The average molecular weight is 347 g/mol. The van der Waals surface area contributed by atoms with E-state index in [-0.39, 0.29) is 6.10 Å². The van der Waals surface area contributed by atoms with Crippen LogP contribution in [0.1, 0.15) is 12.8 Å². The van der Waals surface area contributed by atoms with Crippen LogP contribution < -0.4 is 4.74 Å². The zero-order valence-electron chi connectivity index (χ0n) is 14.5. The molecule has 132 valence electrons. The van der Waals surface area contributed by atoms with Crippen LogP contribution in [-0.4, -0.2) is 40.8 Å². The molecule has 0 amide bonds. The van der Waals surface area contributed by atoms with Crippen molar-refractivity contribution in [2.45, 2.75) is 18.9 Å². The molecule has 2 bridgehead atoms. The third kappa shape index (κ3) is 2.99. The Bertz CT molecular complexity index is 881. The molecule has 2 aliphatic heterocycles. The molecule has 2 aliphatic rings. The molecule has 0 N–H and O–H groups in total. The molecule has 3 aromatic rings. The maximum absolute atomic E-state index is 6.37. The first-order valence-electron chi connectivity index (χ1n) is 9.23. The number of rotatable bonds is 4. The fourth-order valence-electron chi connectivity index (χ4n) is 4.05. The molecule has 0 radical (unpaired) electrons. The number of piperidine rings is 1. The van der Waals surface area contributed by atoms with E-state index in [1.165, 1.54) is 19.5 Å². The maximum atomic E-state index is 6.37. The Balaban J connectivity index is 1.41. The Hall–Kier alpha value is -2.66. The summed E-state index contributed by atoms with van der Waals surface area (Å²) in [6, 6.07) is 17.8. The van der Waals surface area contributed by atoms with Crippen LogP contribution in [0.25, 0.3) is 22.8 Å². The minimum Gasteiger partial charge on any atom is -0.488 e. The normalized spacial score (nSPS) is 24.5. The van der Waals surface area contributed by atoms with Crippen molar-refractivity contribution in [2.75, 3.05) is 19.6 Å². The number of aromatic nitrogens is 2. The first kappa shape index (κ1) is 15.6. The van der Waals surface area contributed by atoms with Gasteiger partial charge in [0.25, 0.3) is 5.89 Å². The maximum Gasteiger partial charge on any atom is 0.262 e. The highest BCUT2D eigenvalue weighted by Crippen LogP contribution is 2.34. The lowest BCUT2D eigenvalue weighted by Crippen LogP contribution is -2.39. The lowest BCUT2D eigenvalue weighted by Gasteiger charge is -2.30. The van der Waals surface area contributed by atoms with E-state index in [1.54, 1.807) is 0 Å². The number of hydrogen-bond acceptors (Lipinski definition) is 5. The number of nitrogens with zero attached hydrogens (tertiary/aromatic N) is 3. The predicted molar refractivity (Wildman–Crippen MR) is 98.8 cm³/mol. The van der Waals surface area contributed by atoms with Crippen molar-refractivity contribution in [1.82, 2.24) is 15.0 Å². The lowest BCUT2D eigenvalue weighted by atomic mass is 9.98. The van der Waals surface area contributed by atoms with E-state index >= 15 is 0 Å². The van der Waals surface area contributed by atoms with E-state index in [4.69, 9.17) is 9.26 Å². The molecule has 2 fully saturated rings. The van der Waals surface area contributed by atoms with Crippen molar-refractivity contribution in [1.29, 1.82) is 0 Å². The van der Waals surface area contributed by atoms with Gasteiger partial charge in [-0.15, -0.1) is 0 Å². The van der Waals surface area contributed by atoms with Gasteiger partial charge in [-0.3, -0.25) is 4.90 Å². The molecule has 2 saturated heterocycles. The summed E-state index contributed by atoms with van der Waals surface area (Å²) in [6.07, 6.45) is 2.66. The molecule has 0 saturated carbocycles. The zero-order chi connectivity index (χ0) is 17.3. The summed E-state index contributed by atoms with van der Waals surface area (Å²) in [4.78, 5) is 7.08. The quantitative estimate of drug-likeness (QED) is 0.717. The van der Waals surface area contributed by atoms with Crippen LogP contribution in [0.2, 0.25) is 0 Å². The topological polar surface area (TPSA) is 51.4 Å². The van der Waals surface area contributed by atoms with E-state index < -0.39 is 0 Å². The van der Waals surface area contributed by atoms with Crippen molar-refractivity contribution in [2.24, 2.45) is 5.92 Å². The van der Waals surface area contributed by atoms with Gasteiger partial charge in [0, 0.05) is 18.7 Å². The molecule has 1 aromatic heterocycles. The van der Waals surface area contributed by atoms with Gasteiger partial charge >= 0.3 is 0 Å². The van der Waals surface area contributed by atoms with Gasteiger partial charge in [0.2, 0.25) is 5.82 Å². The van der Waals surface area contributed by atoms with Gasteiger partial charge in [0.05, 0.1) is 5.56 Å². The van der Waals surface area contributed by atoms with Crippen LogP contribution in [0.15, 0.2) is 59.1 Å². The van der Waals surface area contributed by atoms with Crippen LogP contribution in [0.4, 0.5) is 0 Å². The summed E-state index contributed by atoms with van der Waals surface area (Å²) < 4.78 is 11.9. The highest BCUT2D eigenvalue weighted by molar-refractivity contribution is 5.65. The first-order valence-corrected chi connectivity index (χ1v) is 9.23. The molecule has 3 unspecified atom stereocenters. The first-order chi connectivity index (χ1) is 12.8. The largest absolute Gasteiger partial charge is 0.488 e. The van der Waals surface area contributed by atoms with Crippen molar-refractivity contribution in [3.8, 4) is 28.6 Å². The Labute approximate surface area is 152 Å². The van der Waals surface area contributed by atoms with Crippen molar-refractivity contribution in [3.63, 3.8) is 0 Å². The van der Waals surface area contributed by atoms with E-state index in [9.17, 15) is 0 Å². The highest BCUT2D eigenvalue weighted by Gasteiger charge is 2.33. The molecule has 0 spiro atoms. The minimum atomic E-state index is 0.230. The average Bonchev–Trinajstić information content (AvgIpc) is 3.30. The van der Waals surface area contributed by atoms with Crippen molar-refractivity contribution >= 4 is 0 Å². The van der Waals surface area contributed by atoms with Gasteiger partial charge in [-0.05, 0) is 37.4 Å². The smallest absolute Gasteiger partial charge is 0.262 e. The van der Waals surface area contributed by atoms with Crippen molar-refractivity contribution in [3.05, 3.63) is 54.6 Å². The van der Waals surface area contributed by atoms with Crippen LogP contribution >= 0.6 is 0 Å². The van der Waals surface area contributed by atoms with Gasteiger partial charge in [-0.2, -0.15) is 4.98 Å². The Morgan fingerprint density at radius 3 is 2.73 bits per heavy atom. The molecule has 0 aliphatic carbocycles. The van der Waals surface area contributed by atoms with E-state index in [1.807, 2.05) is 54.6 Å². The molecular formula is C21H21N3O2. The van der Waals surface area contributed by atoms with Gasteiger partial charge in [-0.1, -0.05) is 47.6 Å². The second-order valence-electron chi connectivity index (χ2n) is 7.18. The summed E-state index contributed by atoms with van der Waals surface area (Å²) in [6.45, 7) is 3.44. The second kappa shape index (κ2) is 6.57. The van der Waals surface area contributed by atoms with Crippen LogP contribution in [0, 0.1) is 5.92 Å². The third-order valence-corrected chi connectivity index (χ3v) is 5.30. The number of ether oxygens (including phenoxy) is 1. The molecule has 5 heteroatoms. The SMILES string of the molecule is c1ccc(-c2noc(-c3ccccc3OC3CC4CCN(C4)C3)n2)cc1. The van der Waals surface area contributed by atoms with Crippen LogP contribution in [-0.2, 0) is 0 Å². The van der Waals surface area contributed by atoms with Crippen LogP contribution in [0.5, 0.6) is 5.75 Å². The molecule has 5 nitrogen and oxygen atoms in total. The molecule has 26 heavy (non-hydrogen) atoms. The lowest BCUT2D eigenvalue weighted by molar-refractivity contribution is 0.0982. The molecule has 2 aromatic carbocycles. The summed E-state index contributed by atoms with van der Waals surface area (Å²) in [5.74, 6) is 2.69.